The van der Waals surface area contributed by atoms with Crippen LogP contribution in [0.4, 0.5) is 9.18 Å². The van der Waals surface area contributed by atoms with Crippen molar-refractivity contribution in [2.75, 3.05) is 19.3 Å². The molecule has 0 saturated carbocycles. The highest BCUT2D eigenvalue weighted by molar-refractivity contribution is 7.88. The highest BCUT2D eigenvalue weighted by atomic mass is 32.2. The fourth-order valence-electron chi connectivity index (χ4n) is 3.81. The first kappa shape index (κ1) is 22.1. The Morgan fingerprint density at radius 2 is 1.78 bits per heavy atom. The van der Waals surface area contributed by atoms with E-state index in [1.165, 1.54) is 16.8 Å². The zero-order valence-electron chi connectivity index (χ0n) is 17.6. The number of pyridine rings is 1. The Balaban J connectivity index is 1.58. The summed E-state index contributed by atoms with van der Waals surface area (Å²) in [6.07, 6.45) is 5.94. The summed E-state index contributed by atoms with van der Waals surface area (Å²) in [5.41, 5.74) is 3.02. The van der Waals surface area contributed by atoms with Crippen molar-refractivity contribution in [1.29, 1.82) is 0 Å². The third kappa shape index (κ3) is 5.38. The maximum atomic E-state index is 13.3. The number of rotatable bonds is 5. The van der Waals surface area contributed by atoms with Gasteiger partial charge in [0.1, 0.15) is 5.82 Å². The number of aromatic nitrogens is 3. The molecule has 0 unspecified atom stereocenters. The number of benzene rings is 1. The van der Waals surface area contributed by atoms with Gasteiger partial charge in [-0.2, -0.15) is 9.78 Å². The summed E-state index contributed by atoms with van der Waals surface area (Å²) < 4.78 is 40.3. The lowest BCUT2D eigenvalue weighted by Gasteiger charge is -2.31. The molecule has 1 saturated heterocycles. The van der Waals surface area contributed by atoms with E-state index in [2.05, 4.69) is 14.8 Å². The van der Waals surface area contributed by atoms with Crippen molar-refractivity contribution in [2.24, 2.45) is 0 Å². The number of likely N-dealkylation sites (tertiary alicyclic amines) is 1. The molecular weight excluding hydrogens is 433 g/mol. The van der Waals surface area contributed by atoms with Crippen LogP contribution in [0.5, 0.6) is 0 Å². The van der Waals surface area contributed by atoms with Crippen molar-refractivity contribution >= 4 is 16.1 Å². The number of carbonyl (C=O) groups excluding carboxylic acids is 1. The number of halogens is 1. The molecule has 1 aromatic carbocycles. The number of piperidine rings is 1. The molecule has 1 fully saturated rings. The van der Waals surface area contributed by atoms with Crippen molar-refractivity contribution in [3.63, 3.8) is 0 Å². The van der Waals surface area contributed by atoms with Crippen molar-refractivity contribution < 1.29 is 17.6 Å². The minimum absolute atomic E-state index is 0.183. The van der Waals surface area contributed by atoms with E-state index in [0.29, 0.717) is 43.7 Å². The standard InChI is InChI=1S/C22H24FN5O3S/c1-32(30,31)26-19-8-12-27(13-9-19)22(29)28-20(14-16-2-4-18(23)5-3-16)15-21(25-28)17-6-10-24-11-7-17/h2-7,10-11,15,19,26H,8-9,12-14H2,1H3. The van der Waals surface area contributed by atoms with E-state index in [0.717, 1.165) is 17.4 Å². The van der Waals surface area contributed by atoms with E-state index in [9.17, 15) is 17.6 Å². The van der Waals surface area contributed by atoms with E-state index in [1.54, 1.807) is 29.4 Å². The third-order valence-electron chi connectivity index (χ3n) is 5.39. The van der Waals surface area contributed by atoms with Crippen LogP contribution in [0, 0.1) is 5.82 Å². The van der Waals surface area contributed by atoms with Crippen LogP contribution in [0.15, 0.2) is 54.9 Å². The normalized spacial score (nSPS) is 15.1. The lowest BCUT2D eigenvalue weighted by atomic mass is 10.1. The van der Waals surface area contributed by atoms with Crippen LogP contribution in [-0.2, 0) is 16.4 Å². The molecule has 0 spiro atoms. The first-order valence-electron chi connectivity index (χ1n) is 10.3. The van der Waals surface area contributed by atoms with Crippen molar-refractivity contribution in [1.82, 2.24) is 24.4 Å². The molecule has 8 nitrogen and oxygen atoms in total. The largest absolute Gasteiger partial charge is 0.344 e. The molecule has 1 N–H and O–H groups in total. The van der Waals surface area contributed by atoms with Crippen LogP contribution in [-0.4, -0.2) is 59.5 Å². The van der Waals surface area contributed by atoms with Crippen LogP contribution in [0.1, 0.15) is 24.1 Å². The number of nitrogens with zero attached hydrogens (tertiary/aromatic N) is 4. The number of amides is 1. The van der Waals surface area contributed by atoms with E-state index < -0.39 is 10.0 Å². The second-order valence-electron chi connectivity index (χ2n) is 7.91. The second-order valence-corrected chi connectivity index (χ2v) is 9.69. The van der Waals surface area contributed by atoms with Gasteiger partial charge in [0.05, 0.1) is 17.6 Å². The summed E-state index contributed by atoms with van der Waals surface area (Å²) in [6.45, 7) is 0.846. The zero-order valence-corrected chi connectivity index (χ0v) is 18.4. The van der Waals surface area contributed by atoms with Gasteiger partial charge in [0.15, 0.2) is 0 Å². The Kier molecular flexibility index (Phi) is 6.33. The zero-order chi connectivity index (χ0) is 22.7. The minimum Gasteiger partial charge on any atom is -0.323 e. The van der Waals surface area contributed by atoms with Gasteiger partial charge in [-0.1, -0.05) is 12.1 Å². The number of hydrogen-bond acceptors (Lipinski definition) is 5. The Bertz CT molecular complexity index is 1190. The average Bonchev–Trinajstić information content (AvgIpc) is 3.19. The molecule has 3 aromatic rings. The minimum atomic E-state index is -3.29. The van der Waals surface area contributed by atoms with E-state index in [4.69, 9.17) is 0 Å². The SMILES string of the molecule is CS(=O)(=O)NC1CCN(C(=O)n2nc(-c3ccncc3)cc2Cc2ccc(F)cc2)CC1. The first-order chi connectivity index (χ1) is 15.3. The van der Waals surface area contributed by atoms with Crippen LogP contribution in [0.3, 0.4) is 0 Å². The van der Waals surface area contributed by atoms with Crippen molar-refractivity contribution in [3.8, 4) is 11.3 Å². The smallest absolute Gasteiger partial charge is 0.323 e. The highest BCUT2D eigenvalue weighted by Gasteiger charge is 2.27. The van der Waals surface area contributed by atoms with E-state index in [-0.39, 0.29) is 17.9 Å². The van der Waals surface area contributed by atoms with Gasteiger partial charge in [0.25, 0.3) is 0 Å². The van der Waals surface area contributed by atoms with Crippen molar-refractivity contribution in [3.05, 3.63) is 71.9 Å². The van der Waals surface area contributed by atoms with Crippen LogP contribution >= 0.6 is 0 Å². The van der Waals surface area contributed by atoms with Gasteiger partial charge in [0.2, 0.25) is 10.0 Å². The summed E-state index contributed by atoms with van der Waals surface area (Å²) in [4.78, 5) is 19.0. The maximum Gasteiger partial charge on any atom is 0.344 e. The Hall–Kier alpha value is -3.11. The number of sulfonamides is 1. The Labute approximate surface area is 186 Å². The molecule has 10 heteroatoms. The molecular formula is C22H24FN5O3S. The summed E-state index contributed by atoms with van der Waals surface area (Å²) in [7, 11) is -3.29. The molecule has 32 heavy (non-hydrogen) atoms. The van der Waals surface area contributed by atoms with Gasteiger partial charge < -0.3 is 4.90 Å². The molecule has 3 heterocycles. The predicted octanol–water partition coefficient (Wildman–Crippen LogP) is 2.66. The van der Waals surface area contributed by atoms with Gasteiger partial charge in [-0.3, -0.25) is 4.98 Å². The summed E-state index contributed by atoms with van der Waals surface area (Å²) in [5.74, 6) is -0.318. The molecule has 0 bridgehead atoms. The van der Waals surface area contributed by atoms with E-state index >= 15 is 0 Å². The molecule has 0 aliphatic carbocycles. The van der Waals surface area contributed by atoms with Gasteiger partial charge in [0, 0.05) is 43.5 Å². The van der Waals surface area contributed by atoms with Crippen LogP contribution < -0.4 is 4.72 Å². The van der Waals surface area contributed by atoms with E-state index in [1.807, 2.05) is 18.2 Å². The summed E-state index contributed by atoms with van der Waals surface area (Å²) in [6, 6.07) is 11.2. The number of hydrogen-bond donors (Lipinski definition) is 1. The fraction of sp³-hybridized carbons (Fsp3) is 0.318. The third-order valence-corrected chi connectivity index (χ3v) is 6.15. The second kappa shape index (κ2) is 9.17. The molecule has 1 aliphatic heterocycles. The fourth-order valence-corrected chi connectivity index (χ4v) is 4.65. The monoisotopic (exact) mass is 457 g/mol. The molecule has 1 aliphatic rings. The molecule has 1 amide bonds. The summed E-state index contributed by atoms with van der Waals surface area (Å²) in [5, 5.41) is 4.56. The number of carbonyl (C=O) groups is 1. The van der Waals surface area contributed by atoms with Crippen molar-refractivity contribution in [2.45, 2.75) is 25.3 Å². The summed E-state index contributed by atoms with van der Waals surface area (Å²) >= 11 is 0. The quantitative estimate of drug-likeness (QED) is 0.635. The predicted molar refractivity (Wildman–Crippen MR) is 118 cm³/mol. The Morgan fingerprint density at radius 1 is 1.12 bits per heavy atom. The van der Waals surface area contributed by atoms with Gasteiger partial charge in [-0.05, 0) is 48.7 Å². The molecule has 2 aromatic heterocycles. The molecule has 4 rings (SSSR count). The van der Waals surface area contributed by atoms with Gasteiger partial charge in [-0.15, -0.1) is 0 Å². The molecule has 0 atom stereocenters. The lowest BCUT2D eigenvalue weighted by Crippen LogP contribution is -2.47. The highest BCUT2D eigenvalue weighted by Crippen LogP contribution is 2.22. The lowest BCUT2D eigenvalue weighted by molar-refractivity contribution is 0.178. The molecule has 168 valence electrons. The maximum absolute atomic E-state index is 13.3. The first-order valence-corrected chi connectivity index (χ1v) is 12.2. The van der Waals surface area contributed by atoms with Crippen LogP contribution in [0.25, 0.3) is 11.3 Å². The molecule has 0 radical (unpaired) electrons. The van der Waals surface area contributed by atoms with Crippen LogP contribution in [0.2, 0.25) is 0 Å². The average molecular weight is 458 g/mol. The van der Waals surface area contributed by atoms with Gasteiger partial charge in [-0.25, -0.2) is 22.3 Å². The number of nitrogens with one attached hydrogen (secondary N) is 1. The topological polar surface area (TPSA) is 97.2 Å². The van der Waals surface area contributed by atoms with Gasteiger partial charge >= 0.3 is 6.03 Å². The Morgan fingerprint density at radius 3 is 2.41 bits per heavy atom.